The first-order valence-corrected chi connectivity index (χ1v) is 10.8. The Morgan fingerprint density at radius 3 is 2.57 bits per heavy atom. The zero-order chi connectivity index (χ0) is 21.1. The number of ether oxygens (including phenoxy) is 1. The van der Waals surface area contributed by atoms with Crippen LogP contribution in [0.5, 0.6) is 0 Å². The number of rotatable bonds is 6. The highest BCUT2D eigenvalue weighted by molar-refractivity contribution is 7.10. The van der Waals surface area contributed by atoms with Crippen molar-refractivity contribution in [1.82, 2.24) is 4.90 Å². The minimum absolute atomic E-state index is 0.0690. The highest BCUT2D eigenvalue weighted by Crippen LogP contribution is 2.44. The Hall–Kier alpha value is -2.96. The maximum absolute atomic E-state index is 13.6. The predicted octanol–water partition coefficient (Wildman–Crippen LogP) is 4.62. The Morgan fingerprint density at radius 1 is 1.10 bits per heavy atom. The number of benzene rings is 2. The van der Waals surface area contributed by atoms with Crippen LogP contribution in [-0.4, -0.2) is 37.0 Å². The summed E-state index contributed by atoms with van der Waals surface area (Å²) in [5.41, 5.74) is 3.21. The lowest BCUT2D eigenvalue weighted by molar-refractivity contribution is -0.119. The summed E-state index contributed by atoms with van der Waals surface area (Å²) in [4.78, 5) is 29.7. The van der Waals surface area contributed by atoms with Gasteiger partial charge in [-0.25, -0.2) is 0 Å². The van der Waals surface area contributed by atoms with Gasteiger partial charge in [0.05, 0.1) is 18.6 Å². The molecule has 1 aliphatic heterocycles. The van der Waals surface area contributed by atoms with Crippen LogP contribution in [0.2, 0.25) is 0 Å². The summed E-state index contributed by atoms with van der Waals surface area (Å²) in [7, 11) is 1.62. The first kappa shape index (κ1) is 20.3. The Kier molecular flexibility index (Phi) is 5.97. The summed E-state index contributed by atoms with van der Waals surface area (Å²) < 4.78 is 5.26. The van der Waals surface area contributed by atoms with Crippen molar-refractivity contribution in [2.45, 2.75) is 18.9 Å². The number of carbonyl (C=O) groups excluding carboxylic acids is 2. The van der Waals surface area contributed by atoms with E-state index in [1.54, 1.807) is 29.4 Å². The van der Waals surface area contributed by atoms with Gasteiger partial charge in [0.15, 0.2) is 0 Å². The largest absolute Gasteiger partial charge is 0.383 e. The number of hydrogen-bond acceptors (Lipinski definition) is 4. The molecular weight excluding hydrogens is 396 g/mol. The molecule has 2 heterocycles. The molecule has 30 heavy (non-hydrogen) atoms. The number of fused-ring (bicyclic) bond motifs is 1. The number of nitrogens with one attached hydrogen (secondary N) is 1. The van der Waals surface area contributed by atoms with Gasteiger partial charge in [0, 0.05) is 29.8 Å². The van der Waals surface area contributed by atoms with Gasteiger partial charge in [0.25, 0.3) is 5.91 Å². The second-order valence-electron chi connectivity index (χ2n) is 7.37. The average molecular weight is 421 g/mol. The van der Waals surface area contributed by atoms with Crippen molar-refractivity contribution in [3.8, 4) is 0 Å². The molecule has 0 bridgehead atoms. The summed E-state index contributed by atoms with van der Waals surface area (Å²) in [6, 6.07) is 18.7. The van der Waals surface area contributed by atoms with Crippen LogP contribution in [0.15, 0.2) is 66.0 Å². The van der Waals surface area contributed by atoms with E-state index in [1.807, 2.05) is 66.9 Å². The number of anilines is 1. The predicted molar refractivity (Wildman–Crippen MR) is 119 cm³/mol. The molecule has 154 valence electrons. The molecule has 1 N–H and O–H groups in total. The van der Waals surface area contributed by atoms with Gasteiger partial charge in [0.1, 0.15) is 0 Å². The van der Waals surface area contributed by atoms with E-state index in [2.05, 4.69) is 5.32 Å². The molecule has 3 aromatic rings. The third-order valence-corrected chi connectivity index (χ3v) is 6.35. The van der Waals surface area contributed by atoms with E-state index in [9.17, 15) is 9.59 Å². The second-order valence-corrected chi connectivity index (χ2v) is 8.35. The molecule has 5 nitrogen and oxygen atoms in total. The topological polar surface area (TPSA) is 58.6 Å². The average Bonchev–Trinajstić information content (AvgIpc) is 3.29. The fourth-order valence-corrected chi connectivity index (χ4v) is 4.82. The van der Waals surface area contributed by atoms with E-state index in [1.165, 1.54) is 0 Å². The number of methoxy groups -OCH3 is 1. The number of thiophene rings is 1. The van der Waals surface area contributed by atoms with E-state index in [0.29, 0.717) is 18.7 Å². The third-order valence-electron chi connectivity index (χ3n) is 5.41. The lowest BCUT2D eigenvalue weighted by Gasteiger charge is -2.41. The number of nitrogens with zero attached hydrogens (tertiary/aromatic N) is 1. The molecule has 0 saturated carbocycles. The summed E-state index contributed by atoms with van der Waals surface area (Å²) in [5.74, 6) is -0.712. The zero-order valence-corrected chi connectivity index (χ0v) is 17.8. The van der Waals surface area contributed by atoms with Gasteiger partial charge in [-0.3, -0.25) is 9.59 Å². The third kappa shape index (κ3) is 3.88. The van der Waals surface area contributed by atoms with Crippen molar-refractivity contribution < 1.29 is 14.3 Å². The van der Waals surface area contributed by atoms with Gasteiger partial charge in [-0.1, -0.05) is 42.0 Å². The Morgan fingerprint density at radius 2 is 1.87 bits per heavy atom. The van der Waals surface area contributed by atoms with Gasteiger partial charge in [-0.15, -0.1) is 11.3 Å². The minimum atomic E-state index is -0.518. The molecule has 6 heteroatoms. The van der Waals surface area contributed by atoms with Crippen LogP contribution < -0.4 is 5.32 Å². The van der Waals surface area contributed by atoms with Crippen LogP contribution in [0.3, 0.4) is 0 Å². The highest BCUT2D eigenvalue weighted by atomic mass is 32.1. The number of hydrogen-bond donors (Lipinski definition) is 1. The molecule has 0 spiro atoms. The fraction of sp³-hybridized carbons (Fsp3) is 0.250. The second kappa shape index (κ2) is 8.81. The van der Waals surface area contributed by atoms with Crippen molar-refractivity contribution in [2.75, 3.05) is 25.6 Å². The Balaban J connectivity index is 1.78. The van der Waals surface area contributed by atoms with Gasteiger partial charge in [-0.05, 0) is 42.1 Å². The smallest absolute Gasteiger partial charge is 0.254 e. The molecule has 1 aromatic heterocycles. The van der Waals surface area contributed by atoms with Crippen molar-refractivity contribution in [3.63, 3.8) is 0 Å². The summed E-state index contributed by atoms with van der Waals surface area (Å²) in [6.45, 7) is 2.83. The first-order valence-electron chi connectivity index (χ1n) is 9.90. The highest BCUT2D eigenvalue weighted by Gasteiger charge is 2.44. The minimum Gasteiger partial charge on any atom is -0.383 e. The molecule has 0 fully saturated rings. The van der Waals surface area contributed by atoms with E-state index >= 15 is 0 Å². The van der Waals surface area contributed by atoms with E-state index in [0.717, 1.165) is 21.7 Å². The molecule has 2 amide bonds. The molecule has 2 aromatic carbocycles. The van der Waals surface area contributed by atoms with Crippen LogP contribution in [0.4, 0.5) is 5.69 Å². The molecule has 1 aliphatic rings. The lowest BCUT2D eigenvalue weighted by atomic mass is 9.81. The van der Waals surface area contributed by atoms with Gasteiger partial charge in [-0.2, -0.15) is 0 Å². The molecule has 0 saturated heterocycles. The van der Waals surface area contributed by atoms with Gasteiger partial charge in [0.2, 0.25) is 5.91 Å². The van der Waals surface area contributed by atoms with E-state index in [-0.39, 0.29) is 17.9 Å². The monoisotopic (exact) mass is 420 g/mol. The Labute approximate surface area is 180 Å². The van der Waals surface area contributed by atoms with Crippen LogP contribution in [-0.2, 0) is 9.53 Å². The maximum Gasteiger partial charge on any atom is 0.254 e. The molecule has 0 aliphatic carbocycles. The molecule has 4 rings (SSSR count). The van der Waals surface area contributed by atoms with Crippen LogP contribution in [0.1, 0.15) is 38.3 Å². The standard InChI is InChI=1S/C24H24N2O3S/c1-16-9-11-17(12-10-16)25-23(27)21-18-6-3-4-7-19(18)24(28)26(13-14-29-2)22(21)20-8-5-15-30-20/h3-12,15,21-22H,13-14H2,1-2H3,(H,25,27). The quantitative estimate of drug-likeness (QED) is 0.633. The number of amides is 2. The zero-order valence-electron chi connectivity index (χ0n) is 17.0. The van der Waals surface area contributed by atoms with Crippen LogP contribution in [0.25, 0.3) is 0 Å². The van der Waals surface area contributed by atoms with Crippen molar-refractivity contribution in [1.29, 1.82) is 0 Å². The summed E-state index contributed by atoms with van der Waals surface area (Å²) >= 11 is 1.56. The normalized spacial score (nSPS) is 18.2. The Bertz CT molecular complexity index is 1030. The van der Waals surface area contributed by atoms with Crippen LogP contribution >= 0.6 is 11.3 Å². The molecular formula is C24H24N2O3S. The number of carbonyl (C=O) groups is 2. The van der Waals surface area contributed by atoms with Gasteiger partial charge >= 0.3 is 0 Å². The van der Waals surface area contributed by atoms with Crippen molar-refractivity contribution in [2.24, 2.45) is 0 Å². The first-order chi connectivity index (χ1) is 14.6. The summed E-state index contributed by atoms with van der Waals surface area (Å²) in [5, 5.41) is 5.04. The molecule has 2 atom stereocenters. The SMILES string of the molecule is COCCN1C(=O)c2ccccc2C(C(=O)Nc2ccc(C)cc2)C1c1cccs1. The van der Waals surface area contributed by atoms with Crippen molar-refractivity contribution >= 4 is 28.8 Å². The van der Waals surface area contributed by atoms with E-state index in [4.69, 9.17) is 4.74 Å². The van der Waals surface area contributed by atoms with Gasteiger partial charge < -0.3 is 15.0 Å². The van der Waals surface area contributed by atoms with Crippen molar-refractivity contribution in [3.05, 3.63) is 87.6 Å². The van der Waals surface area contributed by atoms with E-state index < -0.39 is 5.92 Å². The summed E-state index contributed by atoms with van der Waals surface area (Å²) in [6.07, 6.45) is 0. The lowest BCUT2D eigenvalue weighted by Crippen LogP contribution is -2.47. The van der Waals surface area contributed by atoms with Crippen LogP contribution in [0, 0.1) is 6.92 Å². The molecule has 0 radical (unpaired) electrons. The maximum atomic E-state index is 13.6. The number of aryl methyl sites for hydroxylation is 1. The fourth-order valence-electron chi connectivity index (χ4n) is 3.94. The molecule has 2 unspecified atom stereocenters.